The summed E-state index contributed by atoms with van der Waals surface area (Å²) >= 11 is 0. The van der Waals surface area contributed by atoms with Crippen LogP contribution in [0.2, 0.25) is 22.2 Å². The van der Waals surface area contributed by atoms with E-state index in [2.05, 4.69) is 81.5 Å². The fraction of sp³-hybridized carbons (Fsp3) is 0.708. The first-order valence-electron chi connectivity index (χ1n) is 13.2. The maximum Gasteiger partial charge on any atom is 0.335 e. The highest BCUT2D eigenvalue weighted by Crippen LogP contribution is 2.49. The summed E-state index contributed by atoms with van der Waals surface area (Å²) < 4.78 is 29.5. The van der Waals surface area contributed by atoms with E-state index in [9.17, 15) is 10.8 Å². The van der Waals surface area contributed by atoms with Crippen molar-refractivity contribution >= 4 is 34.0 Å². The van der Waals surface area contributed by atoms with Crippen molar-refractivity contribution in [2.75, 3.05) is 12.3 Å². The highest BCUT2D eigenvalue weighted by atomic mass is 28.5. The highest BCUT2D eigenvalue weighted by molar-refractivity contribution is 6.84. The van der Waals surface area contributed by atoms with E-state index in [4.69, 9.17) is 23.4 Å². The molecule has 0 amide bonds. The van der Waals surface area contributed by atoms with Gasteiger partial charge in [-0.2, -0.15) is 5.26 Å². The van der Waals surface area contributed by atoms with Crippen LogP contribution >= 0.6 is 0 Å². The lowest BCUT2D eigenvalue weighted by Gasteiger charge is -2.51. The summed E-state index contributed by atoms with van der Waals surface area (Å²) in [5, 5.41) is 14.4. The summed E-state index contributed by atoms with van der Waals surface area (Å²) in [6, 6.07) is 1.40. The number of aromatic nitrogens is 3. The van der Waals surface area contributed by atoms with Crippen molar-refractivity contribution in [2.24, 2.45) is 5.11 Å². The molecule has 0 spiro atoms. The van der Waals surface area contributed by atoms with Crippen LogP contribution in [-0.2, 0) is 17.7 Å². The van der Waals surface area contributed by atoms with Crippen LogP contribution in [0.5, 0.6) is 0 Å². The van der Waals surface area contributed by atoms with E-state index in [0.29, 0.717) is 16.6 Å². The number of nitrogens with two attached hydrogens (primary N) is 1. The van der Waals surface area contributed by atoms with Crippen LogP contribution in [0.15, 0.2) is 17.6 Å². The summed E-state index contributed by atoms with van der Waals surface area (Å²) in [6.07, 6.45) is 1.04. The Hall–Kier alpha value is -2.51. The number of nitrogens with zero attached hydrogens (tertiary/aromatic N) is 7. The molecule has 38 heavy (non-hydrogen) atoms. The molecule has 206 valence electrons. The van der Waals surface area contributed by atoms with Gasteiger partial charge in [0.1, 0.15) is 42.2 Å². The average Bonchev–Trinajstić information content (AvgIpc) is 3.37. The number of anilines is 1. The highest BCUT2D eigenvalue weighted by Gasteiger charge is 2.61. The van der Waals surface area contributed by atoms with Gasteiger partial charge in [0.2, 0.25) is 0 Å². The van der Waals surface area contributed by atoms with Crippen LogP contribution < -0.4 is 5.73 Å². The maximum absolute atomic E-state index is 9.77. The van der Waals surface area contributed by atoms with Gasteiger partial charge in [0.15, 0.2) is 0 Å². The van der Waals surface area contributed by atoms with E-state index >= 15 is 0 Å². The predicted molar refractivity (Wildman–Crippen MR) is 147 cm³/mol. The standard InChI is InChI=1S/C24H38N8O4Si2/c1-13(2)37(14(3)4)33-11-18-21(35-38(36-37,15(5)6)16(7)8)20(30-31-27)24(34-18)32-10-17(9-25)19-22(26)28-12-29-23(19)32/h10,12-16,18,20-21,24H,11H2,1-8H3,(H2,26,28,29)/t18-,20+,21-,24-/m1/s1. The van der Waals surface area contributed by atoms with Crippen LogP contribution in [0.25, 0.3) is 21.5 Å². The molecule has 2 N–H and O–H groups in total. The minimum Gasteiger partial charge on any atom is -0.414 e. The van der Waals surface area contributed by atoms with E-state index in [0.717, 1.165) is 0 Å². The summed E-state index contributed by atoms with van der Waals surface area (Å²) in [7, 11) is -5.74. The SMILES string of the molecule is CC(C)[Si]1(C(C)C)OC[C@H]2O[C@@H](n3cc(C#N)c4c(N)ncnc43)[C@@H](N=[N+]=[N-])[C@@H]2O[Si](C(C)C)(C(C)C)O1. The number of hydrogen-bond donors (Lipinski definition) is 1. The van der Waals surface area contributed by atoms with Gasteiger partial charge < -0.3 is 28.0 Å². The van der Waals surface area contributed by atoms with Crippen molar-refractivity contribution in [1.29, 1.82) is 5.26 Å². The molecule has 0 aliphatic carbocycles. The molecule has 0 saturated carbocycles. The van der Waals surface area contributed by atoms with E-state index in [-0.39, 0.29) is 34.6 Å². The number of hydrogen-bond acceptors (Lipinski definition) is 9. The minimum atomic E-state index is -2.97. The molecule has 0 bridgehead atoms. The zero-order chi connectivity index (χ0) is 28.0. The van der Waals surface area contributed by atoms with Gasteiger partial charge in [0.25, 0.3) is 0 Å². The van der Waals surface area contributed by atoms with Gasteiger partial charge in [-0.05, 0) is 27.7 Å². The number of azide groups is 1. The first-order valence-corrected chi connectivity index (χ1v) is 17.1. The van der Waals surface area contributed by atoms with Crippen LogP contribution in [0.3, 0.4) is 0 Å². The summed E-state index contributed by atoms with van der Waals surface area (Å²) in [5.41, 5.74) is 17.0. The minimum absolute atomic E-state index is 0.102. The van der Waals surface area contributed by atoms with Crippen molar-refractivity contribution < 1.29 is 17.7 Å². The number of rotatable bonds is 6. The van der Waals surface area contributed by atoms with Gasteiger partial charge in [0, 0.05) is 11.1 Å². The van der Waals surface area contributed by atoms with Crippen molar-refractivity contribution in [3.63, 3.8) is 0 Å². The first-order chi connectivity index (χ1) is 17.9. The number of nitriles is 1. The van der Waals surface area contributed by atoms with E-state index in [1.807, 2.05) is 0 Å². The molecule has 0 aromatic carbocycles. The molecule has 2 aromatic heterocycles. The Morgan fingerprint density at radius 2 is 1.74 bits per heavy atom. The third kappa shape index (κ3) is 4.42. The van der Waals surface area contributed by atoms with Gasteiger partial charge >= 0.3 is 17.1 Å². The van der Waals surface area contributed by atoms with Gasteiger partial charge in [-0.15, -0.1) is 0 Å². The quantitative estimate of drug-likeness (QED) is 0.212. The second-order valence-corrected chi connectivity index (χ2v) is 20.2. The summed E-state index contributed by atoms with van der Waals surface area (Å²) in [4.78, 5) is 11.6. The molecule has 2 aliphatic rings. The molecule has 2 fully saturated rings. The Morgan fingerprint density at radius 1 is 1.11 bits per heavy atom. The van der Waals surface area contributed by atoms with Gasteiger partial charge in [-0.25, -0.2) is 9.97 Å². The molecular weight excluding hydrogens is 520 g/mol. The fourth-order valence-electron chi connectivity index (χ4n) is 5.94. The second kappa shape index (κ2) is 10.6. The molecule has 4 heterocycles. The summed E-state index contributed by atoms with van der Waals surface area (Å²) in [5.74, 6) is 0.193. The number of ether oxygens (including phenoxy) is 1. The molecule has 4 atom stereocenters. The average molecular weight is 559 g/mol. The lowest BCUT2D eigenvalue weighted by atomic mass is 10.1. The van der Waals surface area contributed by atoms with Crippen molar-refractivity contribution in [1.82, 2.24) is 14.5 Å². The molecule has 0 radical (unpaired) electrons. The van der Waals surface area contributed by atoms with E-state index < -0.39 is 41.6 Å². The largest absolute Gasteiger partial charge is 0.414 e. The molecule has 4 rings (SSSR count). The van der Waals surface area contributed by atoms with E-state index in [1.54, 1.807) is 10.8 Å². The first kappa shape index (κ1) is 28.5. The zero-order valence-corrected chi connectivity index (χ0v) is 25.3. The Labute approximate surface area is 225 Å². The van der Waals surface area contributed by atoms with Crippen LogP contribution in [0.1, 0.15) is 67.2 Å². The number of nitrogen functional groups attached to an aromatic ring is 1. The molecule has 12 nitrogen and oxygen atoms in total. The topological polar surface area (TPSA) is 166 Å². The summed E-state index contributed by atoms with van der Waals surface area (Å²) in [6.45, 7) is 17.4. The molecule has 0 unspecified atom stereocenters. The van der Waals surface area contributed by atoms with Crippen LogP contribution in [0.4, 0.5) is 5.82 Å². The lowest BCUT2D eigenvalue weighted by molar-refractivity contribution is -0.0544. The second-order valence-electron chi connectivity index (χ2n) is 11.3. The maximum atomic E-state index is 9.77. The van der Waals surface area contributed by atoms with Gasteiger partial charge in [-0.3, -0.25) is 0 Å². The van der Waals surface area contributed by atoms with Crippen LogP contribution in [-0.4, -0.2) is 56.5 Å². The Balaban J connectivity index is 1.88. The fourth-order valence-corrected chi connectivity index (χ4v) is 17.1. The van der Waals surface area contributed by atoms with Gasteiger partial charge in [-0.1, -0.05) is 60.5 Å². The van der Waals surface area contributed by atoms with E-state index in [1.165, 1.54) is 6.33 Å². The smallest absolute Gasteiger partial charge is 0.335 e. The molecule has 2 aliphatic heterocycles. The molecule has 2 saturated heterocycles. The number of fused-ring (bicyclic) bond motifs is 2. The molecular formula is C24H38N8O4Si2. The Morgan fingerprint density at radius 3 is 2.29 bits per heavy atom. The monoisotopic (exact) mass is 558 g/mol. The molecule has 2 aromatic rings. The Bertz CT molecular complexity index is 1250. The zero-order valence-electron chi connectivity index (χ0n) is 23.3. The van der Waals surface area contributed by atoms with Crippen molar-refractivity contribution in [2.45, 2.75) is 102 Å². The van der Waals surface area contributed by atoms with Gasteiger partial charge in [0.05, 0.1) is 23.7 Å². The predicted octanol–water partition coefficient (Wildman–Crippen LogP) is 5.42. The third-order valence-electron chi connectivity index (χ3n) is 7.86. The normalized spacial score (nSPS) is 26.8. The van der Waals surface area contributed by atoms with Crippen LogP contribution in [0, 0.1) is 11.3 Å². The van der Waals surface area contributed by atoms with Crippen molar-refractivity contribution in [3.8, 4) is 6.07 Å². The lowest BCUT2D eigenvalue weighted by Crippen LogP contribution is -2.65. The Kier molecular flexibility index (Phi) is 7.93. The van der Waals surface area contributed by atoms with Crippen molar-refractivity contribution in [3.05, 3.63) is 28.5 Å². The molecule has 14 heteroatoms. The third-order valence-corrected chi connectivity index (χ3v) is 18.1.